The molecular weight excluding hydrogens is 366 g/mol. The molecule has 0 bridgehead atoms. The Hall–Kier alpha value is -1.34. The first kappa shape index (κ1) is 18.7. The van der Waals surface area contributed by atoms with Gasteiger partial charge in [-0.3, -0.25) is 0 Å². The highest BCUT2D eigenvalue weighted by Crippen LogP contribution is 2.13. The molecule has 0 saturated carbocycles. The van der Waals surface area contributed by atoms with Crippen molar-refractivity contribution in [3.8, 4) is 0 Å². The van der Waals surface area contributed by atoms with E-state index in [2.05, 4.69) is 40.9 Å². The van der Waals surface area contributed by atoms with Crippen LogP contribution in [0, 0.1) is 0 Å². The van der Waals surface area contributed by atoms with Crippen molar-refractivity contribution in [2.24, 2.45) is 0 Å². The molecule has 1 unspecified atom stereocenters. The Morgan fingerprint density at radius 1 is 1.36 bits per heavy atom. The number of aliphatic carboxylic acids is 1. The fourth-order valence-electron chi connectivity index (χ4n) is 1.73. The second kappa shape index (κ2) is 8.33. The van der Waals surface area contributed by atoms with Gasteiger partial charge in [-0.05, 0) is 23.7 Å². The maximum atomic E-state index is 11.7. The minimum absolute atomic E-state index is 0.206. The Balaban J connectivity index is 2.54. The van der Waals surface area contributed by atoms with Crippen LogP contribution in [0.25, 0.3) is 0 Å². The monoisotopic (exact) mass is 387 g/mol. The smallest absolute Gasteiger partial charge is 0.407 e. The number of nitrogens with one attached hydrogen (secondary N) is 1. The normalized spacial score (nSPS) is 12.5. The molecule has 122 valence electrons. The lowest BCUT2D eigenvalue weighted by Crippen LogP contribution is -2.42. The van der Waals surface area contributed by atoms with Crippen LogP contribution in [0.3, 0.4) is 0 Å². The summed E-state index contributed by atoms with van der Waals surface area (Å²) in [6.45, 7) is 6.87. The van der Waals surface area contributed by atoms with Gasteiger partial charge in [0.2, 0.25) is 0 Å². The highest BCUT2D eigenvalue weighted by atomic mass is 79.9. The van der Waals surface area contributed by atoms with Crippen molar-refractivity contribution in [1.82, 2.24) is 5.32 Å². The fourth-order valence-corrected chi connectivity index (χ4v) is 2.89. The first-order valence-electron chi connectivity index (χ1n) is 7.08. The lowest BCUT2D eigenvalue weighted by Gasteiger charge is -2.17. The first-order valence-corrected chi connectivity index (χ1v) is 11.6. The summed E-state index contributed by atoms with van der Waals surface area (Å²) in [6, 6.07) is 7.17. The molecule has 0 radical (unpaired) electrons. The highest BCUT2D eigenvalue weighted by molar-refractivity contribution is 9.10. The molecule has 0 aliphatic heterocycles. The van der Waals surface area contributed by atoms with Gasteiger partial charge in [0.05, 0.1) is 6.61 Å². The lowest BCUT2D eigenvalue weighted by atomic mass is 10.1. The third-order valence-corrected chi connectivity index (χ3v) is 5.20. The summed E-state index contributed by atoms with van der Waals surface area (Å²) in [5.74, 6) is -1.08. The number of carbonyl (C=O) groups excluding carboxylic acids is 1. The number of alkyl carbamates (subject to hydrolysis) is 1. The summed E-state index contributed by atoms with van der Waals surface area (Å²) in [5, 5.41) is 11.6. The van der Waals surface area contributed by atoms with Crippen molar-refractivity contribution >= 4 is 36.1 Å². The Kier molecular flexibility index (Phi) is 7.08. The van der Waals surface area contributed by atoms with E-state index >= 15 is 0 Å². The predicted molar refractivity (Wildman–Crippen MR) is 91.9 cm³/mol. The first-order chi connectivity index (χ1) is 10.2. The number of benzene rings is 1. The van der Waals surface area contributed by atoms with E-state index in [-0.39, 0.29) is 6.42 Å². The lowest BCUT2D eigenvalue weighted by molar-refractivity contribution is -0.139. The van der Waals surface area contributed by atoms with Crippen molar-refractivity contribution in [3.63, 3.8) is 0 Å². The standard InChI is InChI=1S/C15H22BrNO4Si/c1-22(2,3)8-7-21-15(20)17-13(14(18)19)10-11-5-4-6-12(16)9-11/h4-6,9,13H,7-8,10H2,1-3H3,(H,17,20)(H,18,19). The molecule has 1 aromatic carbocycles. The van der Waals surface area contributed by atoms with E-state index in [1.807, 2.05) is 24.3 Å². The summed E-state index contributed by atoms with van der Waals surface area (Å²) >= 11 is 3.34. The van der Waals surface area contributed by atoms with Crippen LogP contribution in [0.4, 0.5) is 4.79 Å². The van der Waals surface area contributed by atoms with Crippen LogP contribution in [-0.4, -0.2) is 37.9 Å². The van der Waals surface area contributed by atoms with Crippen molar-refractivity contribution in [1.29, 1.82) is 0 Å². The predicted octanol–water partition coefficient (Wildman–Crippen LogP) is 3.51. The molecule has 0 saturated heterocycles. The van der Waals surface area contributed by atoms with E-state index in [4.69, 9.17) is 4.74 Å². The molecule has 22 heavy (non-hydrogen) atoms. The average molecular weight is 388 g/mol. The van der Waals surface area contributed by atoms with E-state index in [1.165, 1.54) is 0 Å². The van der Waals surface area contributed by atoms with Gasteiger partial charge in [0.25, 0.3) is 0 Å². The van der Waals surface area contributed by atoms with Crippen LogP contribution in [0.2, 0.25) is 25.7 Å². The number of rotatable bonds is 7. The Labute approximate surface area is 140 Å². The summed E-state index contributed by atoms with van der Waals surface area (Å²) in [7, 11) is -1.28. The molecule has 1 atom stereocenters. The van der Waals surface area contributed by atoms with Crippen LogP contribution in [-0.2, 0) is 16.0 Å². The molecule has 1 aromatic rings. The van der Waals surface area contributed by atoms with Crippen LogP contribution in [0.15, 0.2) is 28.7 Å². The summed E-state index contributed by atoms with van der Waals surface area (Å²) in [5.41, 5.74) is 0.823. The van der Waals surface area contributed by atoms with Gasteiger partial charge in [-0.1, -0.05) is 47.7 Å². The topological polar surface area (TPSA) is 75.6 Å². The van der Waals surface area contributed by atoms with E-state index in [9.17, 15) is 14.7 Å². The van der Waals surface area contributed by atoms with Crippen molar-refractivity contribution in [2.75, 3.05) is 6.61 Å². The number of amides is 1. The molecule has 0 aliphatic carbocycles. The van der Waals surface area contributed by atoms with E-state index in [0.29, 0.717) is 6.61 Å². The number of ether oxygens (including phenoxy) is 1. The molecule has 0 spiro atoms. The summed E-state index contributed by atoms with van der Waals surface area (Å²) in [6.07, 6.45) is -0.474. The van der Waals surface area contributed by atoms with Gasteiger partial charge in [0, 0.05) is 19.0 Å². The second-order valence-electron chi connectivity index (χ2n) is 6.32. The van der Waals surface area contributed by atoms with Crippen LogP contribution >= 0.6 is 15.9 Å². The number of carboxylic acid groups (broad SMARTS) is 1. The SMILES string of the molecule is C[Si](C)(C)CCOC(=O)NC(Cc1cccc(Br)c1)C(=O)O. The van der Waals surface area contributed by atoms with Gasteiger partial charge in [-0.2, -0.15) is 0 Å². The molecule has 7 heteroatoms. The minimum Gasteiger partial charge on any atom is -0.480 e. The number of carbonyl (C=O) groups is 2. The van der Waals surface area contributed by atoms with Crippen molar-refractivity contribution in [2.45, 2.75) is 38.1 Å². The molecule has 0 heterocycles. The zero-order valence-electron chi connectivity index (χ0n) is 13.1. The van der Waals surface area contributed by atoms with E-state index in [1.54, 1.807) is 0 Å². The van der Waals surface area contributed by atoms with Crippen LogP contribution < -0.4 is 5.32 Å². The number of hydrogen-bond acceptors (Lipinski definition) is 3. The van der Waals surface area contributed by atoms with E-state index in [0.717, 1.165) is 16.1 Å². The second-order valence-corrected chi connectivity index (χ2v) is 12.9. The van der Waals surface area contributed by atoms with E-state index < -0.39 is 26.2 Å². The van der Waals surface area contributed by atoms with Gasteiger partial charge in [0.15, 0.2) is 0 Å². The van der Waals surface area contributed by atoms with Gasteiger partial charge in [-0.15, -0.1) is 0 Å². The van der Waals surface area contributed by atoms with Gasteiger partial charge in [-0.25, -0.2) is 9.59 Å². The van der Waals surface area contributed by atoms with Crippen LogP contribution in [0.5, 0.6) is 0 Å². The van der Waals surface area contributed by atoms with Gasteiger partial charge >= 0.3 is 12.1 Å². The summed E-state index contributed by atoms with van der Waals surface area (Å²) < 4.78 is 5.94. The fraction of sp³-hybridized carbons (Fsp3) is 0.467. The average Bonchev–Trinajstić information content (AvgIpc) is 2.36. The Morgan fingerprint density at radius 3 is 2.59 bits per heavy atom. The van der Waals surface area contributed by atoms with Gasteiger partial charge < -0.3 is 15.2 Å². The number of carboxylic acids is 1. The third kappa shape index (κ3) is 7.60. The van der Waals surface area contributed by atoms with Crippen molar-refractivity contribution in [3.05, 3.63) is 34.3 Å². The molecule has 0 aliphatic rings. The molecule has 1 amide bonds. The minimum atomic E-state index is -1.28. The zero-order valence-corrected chi connectivity index (χ0v) is 15.6. The maximum Gasteiger partial charge on any atom is 0.407 e. The summed E-state index contributed by atoms with van der Waals surface area (Å²) in [4.78, 5) is 23.0. The van der Waals surface area contributed by atoms with Crippen LogP contribution in [0.1, 0.15) is 5.56 Å². The third-order valence-electron chi connectivity index (χ3n) is 3.00. The maximum absolute atomic E-state index is 11.7. The number of hydrogen-bond donors (Lipinski definition) is 2. The molecule has 1 rings (SSSR count). The highest BCUT2D eigenvalue weighted by Gasteiger charge is 2.22. The number of halogens is 1. The van der Waals surface area contributed by atoms with Crippen molar-refractivity contribution < 1.29 is 19.4 Å². The molecule has 5 nitrogen and oxygen atoms in total. The Morgan fingerprint density at radius 2 is 2.05 bits per heavy atom. The Bertz CT molecular complexity index is 531. The molecule has 0 fully saturated rings. The quantitative estimate of drug-likeness (QED) is 0.701. The zero-order chi connectivity index (χ0) is 16.8. The molecule has 0 aromatic heterocycles. The van der Waals surface area contributed by atoms with Gasteiger partial charge in [0.1, 0.15) is 6.04 Å². The largest absolute Gasteiger partial charge is 0.480 e. The molecular formula is C15H22BrNO4Si. The molecule has 2 N–H and O–H groups in total.